The van der Waals surface area contributed by atoms with E-state index in [4.69, 9.17) is 0 Å². The van der Waals surface area contributed by atoms with Gasteiger partial charge in [0.05, 0.1) is 0 Å². The summed E-state index contributed by atoms with van der Waals surface area (Å²) >= 11 is 0. The number of nitrogens with one attached hydrogen (secondary N) is 1. The third-order valence-corrected chi connectivity index (χ3v) is 4.49. The van der Waals surface area contributed by atoms with Crippen LogP contribution in [-0.4, -0.2) is 26.8 Å². The van der Waals surface area contributed by atoms with Crippen LogP contribution in [0.4, 0.5) is 0 Å². The molecule has 0 aliphatic carbocycles. The molecule has 0 radical (unpaired) electrons. The van der Waals surface area contributed by atoms with Gasteiger partial charge in [0.2, 0.25) is 0 Å². The van der Waals surface area contributed by atoms with Crippen molar-refractivity contribution in [2.45, 2.75) is 71.4 Å². The Hall–Kier alpha value is -0.900. The molecule has 1 saturated heterocycles. The molecule has 4 heteroatoms. The molecule has 1 aromatic rings. The lowest BCUT2D eigenvalue weighted by Gasteiger charge is -2.38. The van der Waals surface area contributed by atoms with E-state index < -0.39 is 0 Å². The normalized spacial score (nSPS) is 24.9. The topological polar surface area (TPSA) is 42.7 Å². The van der Waals surface area contributed by atoms with E-state index >= 15 is 0 Å². The van der Waals surface area contributed by atoms with Crippen LogP contribution in [0.5, 0.6) is 0 Å². The van der Waals surface area contributed by atoms with Gasteiger partial charge < -0.3 is 5.32 Å². The van der Waals surface area contributed by atoms with Crippen LogP contribution in [-0.2, 0) is 6.42 Å². The van der Waals surface area contributed by atoms with E-state index in [0.717, 1.165) is 18.8 Å². The molecular weight excluding hydrogens is 236 g/mol. The summed E-state index contributed by atoms with van der Waals surface area (Å²) in [6, 6.07) is 0.382. The second-order valence-corrected chi connectivity index (χ2v) is 6.44. The van der Waals surface area contributed by atoms with Gasteiger partial charge in [-0.2, -0.15) is 5.10 Å². The van der Waals surface area contributed by atoms with E-state index in [-0.39, 0.29) is 5.54 Å². The molecule has 19 heavy (non-hydrogen) atoms. The highest BCUT2D eigenvalue weighted by molar-refractivity contribution is 5.02. The Bertz CT molecular complexity index is 387. The molecule has 0 amide bonds. The molecule has 1 fully saturated rings. The monoisotopic (exact) mass is 264 g/mol. The Morgan fingerprint density at radius 3 is 2.74 bits per heavy atom. The van der Waals surface area contributed by atoms with Gasteiger partial charge in [0.1, 0.15) is 12.2 Å². The first-order valence-electron chi connectivity index (χ1n) is 7.68. The standard InChI is InChI=1S/C15H28N4/c1-12(2)15(8-6-5-7-9-17-15)10-14-16-11-18-19(14)13(3)4/h11-13,17H,5-10H2,1-4H3. The fourth-order valence-electron chi connectivity index (χ4n) is 3.13. The van der Waals surface area contributed by atoms with Gasteiger partial charge in [-0.05, 0) is 39.2 Å². The molecule has 1 aromatic heterocycles. The van der Waals surface area contributed by atoms with Crippen LogP contribution in [0, 0.1) is 5.92 Å². The molecule has 2 heterocycles. The average Bonchev–Trinajstić information content (AvgIpc) is 2.67. The predicted molar refractivity (Wildman–Crippen MR) is 78.2 cm³/mol. The zero-order valence-corrected chi connectivity index (χ0v) is 12.8. The summed E-state index contributed by atoms with van der Waals surface area (Å²) in [7, 11) is 0. The van der Waals surface area contributed by atoms with Crippen LogP contribution in [0.25, 0.3) is 0 Å². The maximum absolute atomic E-state index is 4.50. The molecule has 1 aliphatic heterocycles. The first-order chi connectivity index (χ1) is 9.05. The van der Waals surface area contributed by atoms with Crippen molar-refractivity contribution < 1.29 is 0 Å². The number of rotatable bonds is 4. The van der Waals surface area contributed by atoms with E-state index in [0.29, 0.717) is 12.0 Å². The molecule has 0 aromatic carbocycles. The second-order valence-electron chi connectivity index (χ2n) is 6.44. The van der Waals surface area contributed by atoms with E-state index in [1.54, 1.807) is 6.33 Å². The molecular formula is C15H28N4. The van der Waals surface area contributed by atoms with Crippen LogP contribution in [0.3, 0.4) is 0 Å². The zero-order valence-electron chi connectivity index (χ0n) is 12.8. The smallest absolute Gasteiger partial charge is 0.138 e. The maximum atomic E-state index is 4.50. The van der Waals surface area contributed by atoms with Crippen LogP contribution >= 0.6 is 0 Å². The Labute approximate surface area is 117 Å². The lowest BCUT2D eigenvalue weighted by molar-refractivity contribution is 0.218. The second kappa shape index (κ2) is 6.04. The van der Waals surface area contributed by atoms with Gasteiger partial charge in [-0.15, -0.1) is 0 Å². The van der Waals surface area contributed by atoms with Crippen molar-refractivity contribution in [3.05, 3.63) is 12.2 Å². The number of hydrogen-bond donors (Lipinski definition) is 1. The van der Waals surface area contributed by atoms with E-state index in [2.05, 4.69) is 47.8 Å². The highest BCUT2D eigenvalue weighted by Gasteiger charge is 2.35. The minimum absolute atomic E-state index is 0.191. The Balaban J connectivity index is 2.22. The van der Waals surface area contributed by atoms with E-state index in [1.807, 2.05) is 0 Å². The Kier molecular flexibility index (Phi) is 4.61. The maximum Gasteiger partial charge on any atom is 0.138 e. The highest BCUT2D eigenvalue weighted by Crippen LogP contribution is 2.30. The van der Waals surface area contributed by atoms with Crippen molar-refractivity contribution >= 4 is 0 Å². The summed E-state index contributed by atoms with van der Waals surface area (Å²) in [4.78, 5) is 4.50. The largest absolute Gasteiger partial charge is 0.311 e. The van der Waals surface area contributed by atoms with Gasteiger partial charge in [-0.3, -0.25) is 0 Å². The zero-order chi connectivity index (χ0) is 13.9. The first kappa shape index (κ1) is 14.5. The average molecular weight is 264 g/mol. The summed E-state index contributed by atoms with van der Waals surface area (Å²) in [5.41, 5.74) is 0.191. The van der Waals surface area contributed by atoms with Crippen LogP contribution in [0.1, 0.15) is 65.2 Å². The van der Waals surface area contributed by atoms with Gasteiger partial charge >= 0.3 is 0 Å². The van der Waals surface area contributed by atoms with E-state index in [9.17, 15) is 0 Å². The van der Waals surface area contributed by atoms with Gasteiger partial charge in [-0.1, -0.05) is 26.7 Å². The van der Waals surface area contributed by atoms with Gasteiger partial charge in [0.15, 0.2) is 0 Å². The molecule has 4 nitrogen and oxygen atoms in total. The summed E-state index contributed by atoms with van der Waals surface area (Å²) in [6.07, 6.45) is 7.89. The minimum atomic E-state index is 0.191. The summed E-state index contributed by atoms with van der Waals surface area (Å²) < 4.78 is 2.07. The van der Waals surface area contributed by atoms with Crippen molar-refractivity contribution in [2.24, 2.45) is 5.92 Å². The third kappa shape index (κ3) is 3.16. The fourth-order valence-corrected chi connectivity index (χ4v) is 3.13. The summed E-state index contributed by atoms with van der Waals surface area (Å²) in [5.74, 6) is 1.74. The number of nitrogens with zero attached hydrogens (tertiary/aromatic N) is 3. The van der Waals surface area contributed by atoms with Crippen molar-refractivity contribution in [2.75, 3.05) is 6.54 Å². The van der Waals surface area contributed by atoms with Crippen LogP contribution < -0.4 is 5.32 Å². The number of hydrogen-bond acceptors (Lipinski definition) is 3. The minimum Gasteiger partial charge on any atom is -0.311 e. The van der Waals surface area contributed by atoms with Crippen molar-refractivity contribution in [3.63, 3.8) is 0 Å². The molecule has 0 spiro atoms. The Morgan fingerprint density at radius 2 is 2.05 bits per heavy atom. The van der Waals surface area contributed by atoms with Gasteiger partial charge in [0.25, 0.3) is 0 Å². The molecule has 1 N–H and O–H groups in total. The quantitative estimate of drug-likeness (QED) is 0.909. The molecule has 1 aliphatic rings. The highest BCUT2D eigenvalue weighted by atomic mass is 15.3. The lowest BCUT2D eigenvalue weighted by Crippen LogP contribution is -2.51. The fraction of sp³-hybridized carbons (Fsp3) is 0.867. The van der Waals surface area contributed by atoms with Crippen LogP contribution in [0.2, 0.25) is 0 Å². The SMILES string of the molecule is CC(C)n1ncnc1CC1(C(C)C)CCCCCN1. The summed E-state index contributed by atoms with van der Waals surface area (Å²) in [5, 5.41) is 8.19. The Morgan fingerprint density at radius 1 is 1.26 bits per heavy atom. The molecule has 108 valence electrons. The molecule has 2 rings (SSSR count). The van der Waals surface area contributed by atoms with Crippen LogP contribution in [0.15, 0.2) is 6.33 Å². The summed E-state index contributed by atoms with van der Waals surface area (Å²) in [6.45, 7) is 10.1. The predicted octanol–water partition coefficient (Wildman–Crippen LogP) is 2.96. The van der Waals surface area contributed by atoms with E-state index in [1.165, 1.54) is 25.7 Å². The molecule has 1 atom stereocenters. The van der Waals surface area contributed by atoms with Crippen molar-refractivity contribution in [1.29, 1.82) is 0 Å². The molecule has 1 unspecified atom stereocenters. The first-order valence-corrected chi connectivity index (χ1v) is 7.68. The lowest BCUT2D eigenvalue weighted by atomic mass is 9.79. The van der Waals surface area contributed by atoms with Gasteiger partial charge in [0, 0.05) is 18.0 Å². The molecule has 0 saturated carbocycles. The molecule has 0 bridgehead atoms. The third-order valence-electron chi connectivity index (χ3n) is 4.49. The van der Waals surface area contributed by atoms with Crippen molar-refractivity contribution in [1.82, 2.24) is 20.1 Å². The number of aromatic nitrogens is 3. The van der Waals surface area contributed by atoms with Gasteiger partial charge in [-0.25, -0.2) is 9.67 Å². The van der Waals surface area contributed by atoms with Crippen molar-refractivity contribution in [3.8, 4) is 0 Å².